The smallest absolute Gasteiger partial charge is 0.231 e. The van der Waals surface area contributed by atoms with E-state index in [4.69, 9.17) is 5.73 Å². The fourth-order valence-electron chi connectivity index (χ4n) is 1.27. The normalized spacial score (nSPS) is 14.2. The van der Waals surface area contributed by atoms with Crippen molar-refractivity contribution in [1.82, 2.24) is 4.98 Å². The molecule has 0 spiro atoms. The Hall–Kier alpha value is -1.42. The van der Waals surface area contributed by atoms with Crippen LogP contribution in [0, 0.1) is 12.3 Å². The molecule has 0 aliphatic heterocycles. The molecule has 88 valence electrons. The van der Waals surface area contributed by atoms with Gasteiger partial charge in [-0.05, 0) is 31.9 Å². The maximum Gasteiger partial charge on any atom is 0.231 e. The van der Waals surface area contributed by atoms with Crippen molar-refractivity contribution in [3.05, 3.63) is 24.0 Å². The van der Waals surface area contributed by atoms with Crippen LogP contribution in [0.5, 0.6) is 0 Å². The van der Waals surface area contributed by atoms with E-state index in [-0.39, 0.29) is 5.91 Å². The number of nitrogens with two attached hydrogens (primary N) is 1. The number of pyridine rings is 1. The number of amides is 1. The van der Waals surface area contributed by atoms with E-state index in [2.05, 4.69) is 10.3 Å². The van der Waals surface area contributed by atoms with Gasteiger partial charge in [0.25, 0.3) is 0 Å². The first-order valence-corrected chi connectivity index (χ1v) is 5.45. The second-order valence-electron chi connectivity index (χ2n) is 4.26. The van der Waals surface area contributed by atoms with Crippen LogP contribution in [-0.4, -0.2) is 17.4 Å². The Morgan fingerprint density at radius 2 is 2.31 bits per heavy atom. The van der Waals surface area contributed by atoms with Crippen LogP contribution in [0.25, 0.3) is 0 Å². The maximum atomic E-state index is 12.0. The van der Waals surface area contributed by atoms with Gasteiger partial charge in [0.2, 0.25) is 5.91 Å². The first-order valence-electron chi connectivity index (χ1n) is 5.45. The van der Waals surface area contributed by atoms with Crippen LogP contribution in [0.15, 0.2) is 18.5 Å². The lowest BCUT2D eigenvalue weighted by Gasteiger charge is -2.25. The van der Waals surface area contributed by atoms with Crippen LogP contribution in [0.3, 0.4) is 0 Å². The number of rotatable bonds is 4. The summed E-state index contributed by atoms with van der Waals surface area (Å²) in [7, 11) is 0. The second-order valence-corrected chi connectivity index (χ2v) is 4.26. The van der Waals surface area contributed by atoms with Gasteiger partial charge in [-0.1, -0.05) is 6.92 Å². The summed E-state index contributed by atoms with van der Waals surface area (Å²) >= 11 is 0. The molecule has 1 aromatic heterocycles. The molecule has 16 heavy (non-hydrogen) atoms. The molecule has 0 saturated heterocycles. The third-order valence-corrected chi connectivity index (χ3v) is 3.07. The van der Waals surface area contributed by atoms with Crippen LogP contribution >= 0.6 is 0 Å². The Morgan fingerprint density at radius 3 is 2.81 bits per heavy atom. The van der Waals surface area contributed by atoms with Crippen molar-refractivity contribution in [3.63, 3.8) is 0 Å². The summed E-state index contributed by atoms with van der Waals surface area (Å²) in [5.41, 5.74) is 6.87. The first-order chi connectivity index (χ1) is 7.53. The average Bonchev–Trinajstić information content (AvgIpc) is 2.31. The fraction of sp³-hybridized carbons (Fsp3) is 0.500. The highest BCUT2D eigenvalue weighted by Gasteiger charge is 2.29. The molecule has 3 N–H and O–H groups in total. The van der Waals surface area contributed by atoms with Gasteiger partial charge in [0.05, 0.1) is 17.3 Å². The van der Waals surface area contributed by atoms with Crippen LogP contribution < -0.4 is 11.1 Å². The van der Waals surface area contributed by atoms with E-state index in [0.717, 1.165) is 11.3 Å². The van der Waals surface area contributed by atoms with Gasteiger partial charge in [0, 0.05) is 12.7 Å². The van der Waals surface area contributed by atoms with Crippen molar-refractivity contribution in [2.45, 2.75) is 27.2 Å². The molecule has 1 amide bonds. The number of anilines is 1. The van der Waals surface area contributed by atoms with E-state index < -0.39 is 5.41 Å². The summed E-state index contributed by atoms with van der Waals surface area (Å²) < 4.78 is 0. The average molecular weight is 221 g/mol. The predicted octanol–water partition coefficient (Wildman–Crippen LogP) is 1.70. The minimum atomic E-state index is -0.512. The molecule has 0 aliphatic carbocycles. The number of carbonyl (C=O) groups is 1. The molecule has 1 heterocycles. The van der Waals surface area contributed by atoms with Crippen LogP contribution in [0.1, 0.15) is 25.8 Å². The number of hydrogen-bond acceptors (Lipinski definition) is 3. The van der Waals surface area contributed by atoms with Gasteiger partial charge in [-0.25, -0.2) is 0 Å². The second kappa shape index (κ2) is 5.07. The molecule has 4 nitrogen and oxygen atoms in total. The minimum absolute atomic E-state index is 0.0476. The van der Waals surface area contributed by atoms with Gasteiger partial charge in [0.1, 0.15) is 0 Å². The van der Waals surface area contributed by atoms with Gasteiger partial charge in [-0.2, -0.15) is 0 Å². The zero-order chi connectivity index (χ0) is 12.2. The number of aryl methyl sites for hydroxylation is 1. The van der Waals surface area contributed by atoms with Gasteiger partial charge in [-0.3, -0.25) is 9.78 Å². The van der Waals surface area contributed by atoms with Crippen molar-refractivity contribution in [2.24, 2.45) is 11.1 Å². The lowest BCUT2D eigenvalue weighted by molar-refractivity contribution is -0.124. The Labute approximate surface area is 96.3 Å². The van der Waals surface area contributed by atoms with Crippen molar-refractivity contribution in [3.8, 4) is 0 Å². The molecule has 0 aromatic carbocycles. The first kappa shape index (κ1) is 12.6. The van der Waals surface area contributed by atoms with E-state index in [9.17, 15) is 4.79 Å². The summed E-state index contributed by atoms with van der Waals surface area (Å²) in [4.78, 5) is 16.0. The lowest BCUT2D eigenvalue weighted by Crippen LogP contribution is -2.39. The van der Waals surface area contributed by atoms with Crippen LogP contribution in [0.2, 0.25) is 0 Å². The molecular weight excluding hydrogens is 202 g/mol. The molecule has 1 unspecified atom stereocenters. The standard InChI is InChI=1S/C12H19N3O/c1-4-12(3,8-13)11(16)15-10-7-14-6-5-9(10)2/h5-7H,4,8,13H2,1-3H3,(H,15,16). The quantitative estimate of drug-likeness (QED) is 0.813. The third-order valence-electron chi connectivity index (χ3n) is 3.07. The highest BCUT2D eigenvalue weighted by atomic mass is 16.2. The van der Waals surface area contributed by atoms with Gasteiger partial charge in [0.15, 0.2) is 0 Å². The van der Waals surface area contributed by atoms with E-state index in [1.54, 1.807) is 12.4 Å². The number of carbonyl (C=O) groups excluding carboxylic acids is 1. The molecule has 1 aromatic rings. The molecule has 0 saturated carbocycles. The largest absolute Gasteiger partial charge is 0.329 e. The monoisotopic (exact) mass is 221 g/mol. The Kier molecular flexibility index (Phi) is 4.01. The van der Waals surface area contributed by atoms with Crippen molar-refractivity contribution in [2.75, 3.05) is 11.9 Å². The van der Waals surface area contributed by atoms with E-state index in [1.165, 1.54) is 0 Å². The summed E-state index contributed by atoms with van der Waals surface area (Å²) in [6.07, 6.45) is 4.07. The number of hydrogen-bond donors (Lipinski definition) is 2. The predicted molar refractivity (Wildman–Crippen MR) is 65.1 cm³/mol. The molecule has 4 heteroatoms. The van der Waals surface area contributed by atoms with Gasteiger partial charge < -0.3 is 11.1 Å². The Morgan fingerprint density at radius 1 is 1.62 bits per heavy atom. The Bertz CT molecular complexity index is 372. The van der Waals surface area contributed by atoms with E-state index in [0.29, 0.717) is 13.0 Å². The van der Waals surface area contributed by atoms with Crippen molar-refractivity contribution in [1.29, 1.82) is 0 Å². The molecule has 1 atom stereocenters. The fourth-order valence-corrected chi connectivity index (χ4v) is 1.27. The molecule has 0 bridgehead atoms. The zero-order valence-electron chi connectivity index (χ0n) is 10.1. The number of nitrogens with one attached hydrogen (secondary N) is 1. The molecular formula is C12H19N3O. The van der Waals surface area contributed by atoms with Crippen LogP contribution in [-0.2, 0) is 4.79 Å². The summed E-state index contributed by atoms with van der Waals surface area (Å²) in [6.45, 7) is 6.11. The van der Waals surface area contributed by atoms with Crippen molar-refractivity contribution < 1.29 is 4.79 Å². The topological polar surface area (TPSA) is 68.0 Å². The highest BCUT2D eigenvalue weighted by molar-refractivity contribution is 5.95. The zero-order valence-corrected chi connectivity index (χ0v) is 10.1. The summed E-state index contributed by atoms with van der Waals surface area (Å²) in [6, 6.07) is 1.86. The lowest BCUT2D eigenvalue weighted by atomic mass is 9.86. The molecule has 1 rings (SSSR count). The summed E-state index contributed by atoms with van der Waals surface area (Å²) in [5, 5.41) is 2.87. The molecule has 0 radical (unpaired) electrons. The highest BCUT2D eigenvalue weighted by Crippen LogP contribution is 2.22. The maximum absolute atomic E-state index is 12.0. The minimum Gasteiger partial charge on any atom is -0.329 e. The SMILES string of the molecule is CCC(C)(CN)C(=O)Nc1cnccc1C. The third kappa shape index (κ3) is 2.58. The van der Waals surface area contributed by atoms with E-state index in [1.807, 2.05) is 26.8 Å². The number of nitrogens with zero attached hydrogens (tertiary/aromatic N) is 1. The Balaban J connectivity index is 2.83. The van der Waals surface area contributed by atoms with Crippen LogP contribution in [0.4, 0.5) is 5.69 Å². The van der Waals surface area contributed by atoms with Crippen molar-refractivity contribution >= 4 is 11.6 Å². The molecule has 0 aliphatic rings. The number of aromatic nitrogens is 1. The molecule has 0 fully saturated rings. The van der Waals surface area contributed by atoms with Gasteiger partial charge >= 0.3 is 0 Å². The van der Waals surface area contributed by atoms with E-state index >= 15 is 0 Å². The summed E-state index contributed by atoms with van der Waals surface area (Å²) in [5.74, 6) is -0.0476. The van der Waals surface area contributed by atoms with Gasteiger partial charge in [-0.15, -0.1) is 0 Å².